The van der Waals surface area contributed by atoms with Crippen LogP contribution >= 0.6 is 0 Å². The smallest absolute Gasteiger partial charge is 0.257 e. The SMILES string of the molecule is Cc1ccnc(C)c1-c1ccc(NC(=O)[C@@H](NC(=O)c2conc2C)[C@@H]2CC=C(F)CC2)cc1. The molecule has 0 spiro atoms. The van der Waals surface area contributed by atoms with Crippen LogP contribution in [0.1, 0.15) is 46.6 Å². The number of aryl methyl sites for hydroxylation is 3. The summed E-state index contributed by atoms with van der Waals surface area (Å²) in [6.45, 7) is 5.65. The molecule has 0 unspecified atom stereocenters. The van der Waals surface area contributed by atoms with Crippen LogP contribution in [0.25, 0.3) is 11.1 Å². The first-order valence-corrected chi connectivity index (χ1v) is 11.2. The molecule has 0 bridgehead atoms. The summed E-state index contributed by atoms with van der Waals surface area (Å²) in [5.74, 6) is -1.23. The normalized spacial score (nSPS) is 16.5. The van der Waals surface area contributed by atoms with Crippen molar-refractivity contribution in [2.75, 3.05) is 5.32 Å². The molecular formula is C26H27FN4O3. The molecule has 34 heavy (non-hydrogen) atoms. The quantitative estimate of drug-likeness (QED) is 0.534. The molecule has 0 radical (unpaired) electrons. The van der Waals surface area contributed by atoms with E-state index in [1.807, 2.05) is 44.2 Å². The second-order valence-electron chi connectivity index (χ2n) is 8.61. The zero-order valence-electron chi connectivity index (χ0n) is 19.4. The number of carbonyl (C=O) groups is 2. The highest BCUT2D eigenvalue weighted by molar-refractivity contribution is 6.01. The molecule has 176 valence electrons. The molecule has 2 heterocycles. The Balaban J connectivity index is 1.53. The molecule has 0 saturated carbocycles. The van der Waals surface area contributed by atoms with Gasteiger partial charge < -0.3 is 15.2 Å². The fourth-order valence-electron chi connectivity index (χ4n) is 4.32. The number of aromatic nitrogens is 2. The standard InChI is InChI=1S/C26H27FN4O3/c1-15-12-13-28-17(3)23(15)18-6-10-21(11-7-18)29-26(33)24(19-4-8-20(27)9-5-19)30-25(32)22-14-34-31-16(22)2/h6-8,10-14,19,24H,4-5,9H2,1-3H3,(H,29,33)(H,30,32)/t19-,24+/m1/s1. The van der Waals surface area contributed by atoms with E-state index in [4.69, 9.17) is 4.52 Å². The highest BCUT2D eigenvalue weighted by Gasteiger charge is 2.32. The van der Waals surface area contributed by atoms with Gasteiger partial charge in [-0.3, -0.25) is 14.6 Å². The summed E-state index contributed by atoms with van der Waals surface area (Å²) in [5.41, 5.74) is 5.41. The predicted octanol–water partition coefficient (Wildman–Crippen LogP) is 5.05. The van der Waals surface area contributed by atoms with Gasteiger partial charge in [-0.2, -0.15) is 0 Å². The Bertz CT molecular complexity index is 1210. The van der Waals surface area contributed by atoms with E-state index in [1.165, 1.54) is 12.3 Å². The number of nitrogens with one attached hydrogen (secondary N) is 2. The Morgan fingerprint density at radius 3 is 2.50 bits per heavy atom. The number of benzene rings is 1. The lowest BCUT2D eigenvalue weighted by Gasteiger charge is -2.28. The third kappa shape index (κ3) is 5.06. The first-order chi connectivity index (χ1) is 16.3. The minimum atomic E-state index is -0.839. The van der Waals surface area contributed by atoms with Gasteiger partial charge in [0, 0.05) is 23.1 Å². The van der Waals surface area contributed by atoms with E-state index < -0.39 is 11.9 Å². The molecule has 2 amide bonds. The van der Waals surface area contributed by atoms with Crippen molar-refractivity contribution in [3.8, 4) is 11.1 Å². The summed E-state index contributed by atoms with van der Waals surface area (Å²) >= 11 is 0. The maximum atomic E-state index is 13.6. The van der Waals surface area contributed by atoms with Crippen LogP contribution in [-0.4, -0.2) is 28.0 Å². The van der Waals surface area contributed by atoms with Gasteiger partial charge in [-0.15, -0.1) is 0 Å². The fourth-order valence-corrected chi connectivity index (χ4v) is 4.32. The number of amides is 2. The lowest BCUT2D eigenvalue weighted by molar-refractivity contribution is -0.119. The monoisotopic (exact) mass is 462 g/mol. The van der Waals surface area contributed by atoms with E-state index in [0.717, 1.165) is 22.4 Å². The Kier molecular flexibility index (Phi) is 6.86. The van der Waals surface area contributed by atoms with Crippen molar-refractivity contribution in [1.29, 1.82) is 0 Å². The molecule has 2 atom stereocenters. The molecular weight excluding hydrogens is 435 g/mol. The molecule has 0 saturated heterocycles. The van der Waals surface area contributed by atoms with Gasteiger partial charge in [0.1, 0.15) is 17.9 Å². The van der Waals surface area contributed by atoms with Crippen LogP contribution in [0.5, 0.6) is 0 Å². The molecule has 8 heteroatoms. The van der Waals surface area contributed by atoms with Crippen molar-refractivity contribution in [2.24, 2.45) is 5.92 Å². The number of carbonyl (C=O) groups excluding carboxylic acids is 2. The van der Waals surface area contributed by atoms with Crippen molar-refractivity contribution in [3.63, 3.8) is 0 Å². The van der Waals surface area contributed by atoms with E-state index in [0.29, 0.717) is 24.2 Å². The molecule has 3 aromatic rings. The van der Waals surface area contributed by atoms with Crippen molar-refractivity contribution < 1.29 is 18.5 Å². The van der Waals surface area contributed by atoms with E-state index >= 15 is 0 Å². The molecule has 1 aromatic carbocycles. The molecule has 7 nitrogen and oxygen atoms in total. The summed E-state index contributed by atoms with van der Waals surface area (Å²) in [6, 6.07) is 8.63. The number of nitrogens with zero attached hydrogens (tertiary/aromatic N) is 2. The van der Waals surface area contributed by atoms with E-state index in [2.05, 4.69) is 20.8 Å². The molecule has 2 aromatic heterocycles. The summed E-state index contributed by atoms with van der Waals surface area (Å²) in [5, 5.41) is 9.43. The second kappa shape index (κ2) is 9.99. The van der Waals surface area contributed by atoms with Crippen molar-refractivity contribution in [1.82, 2.24) is 15.5 Å². The van der Waals surface area contributed by atoms with Gasteiger partial charge in [-0.1, -0.05) is 23.4 Å². The number of anilines is 1. The van der Waals surface area contributed by atoms with Gasteiger partial charge in [-0.05, 0) is 75.3 Å². The van der Waals surface area contributed by atoms with Crippen LogP contribution < -0.4 is 10.6 Å². The number of rotatable bonds is 6. The van der Waals surface area contributed by atoms with Gasteiger partial charge in [0.05, 0.1) is 11.5 Å². The van der Waals surface area contributed by atoms with Crippen LogP contribution in [0.15, 0.2) is 59.2 Å². The van der Waals surface area contributed by atoms with Crippen LogP contribution in [0, 0.1) is 26.7 Å². The number of hydrogen-bond acceptors (Lipinski definition) is 5. The average molecular weight is 463 g/mol. The zero-order valence-corrected chi connectivity index (χ0v) is 19.4. The van der Waals surface area contributed by atoms with E-state index in [1.54, 1.807) is 13.1 Å². The molecule has 0 fully saturated rings. The van der Waals surface area contributed by atoms with Gasteiger partial charge in [-0.25, -0.2) is 4.39 Å². The molecule has 1 aliphatic carbocycles. The first kappa shape index (κ1) is 23.4. The molecule has 0 aliphatic heterocycles. The average Bonchev–Trinajstić information content (AvgIpc) is 3.25. The fraction of sp³-hybridized carbons (Fsp3) is 0.308. The minimum Gasteiger partial charge on any atom is -0.364 e. The van der Waals surface area contributed by atoms with Crippen LogP contribution in [-0.2, 0) is 4.79 Å². The lowest BCUT2D eigenvalue weighted by Crippen LogP contribution is -2.49. The van der Waals surface area contributed by atoms with E-state index in [-0.39, 0.29) is 29.6 Å². The van der Waals surface area contributed by atoms with Gasteiger partial charge in [0.25, 0.3) is 5.91 Å². The summed E-state index contributed by atoms with van der Waals surface area (Å²) in [4.78, 5) is 30.4. The van der Waals surface area contributed by atoms with Crippen LogP contribution in [0.2, 0.25) is 0 Å². The largest absolute Gasteiger partial charge is 0.364 e. The number of pyridine rings is 1. The van der Waals surface area contributed by atoms with Crippen molar-refractivity contribution in [3.05, 3.63) is 77.2 Å². The van der Waals surface area contributed by atoms with Crippen LogP contribution in [0.3, 0.4) is 0 Å². The summed E-state index contributed by atoms with van der Waals surface area (Å²) in [7, 11) is 0. The lowest BCUT2D eigenvalue weighted by atomic mass is 9.86. The van der Waals surface area contributed by atoms with Gasteiger partial charge in [0.2, 0.25) is 5.91 Å². The zero-order chi connectivity index (χ0) is 24.2. The highest BCUT2D eigenvalue weighted by Crippen LogP contribution is 2.29. The Morgan fingerprint density at radius 2 is 1.88 bits per heavy atom. The predicted molar refractivity (Wildman–Crippen MR) is 127 cm³/mol. The molecule has 2 N–H and O–H groups in total. The highest BCUT2D eigenvalue weighted by atomic mass is 19.1. The Hall–Kier alpha value is -3.81. The third-order valence-electron chi connectivity index (χ3n) is 6.22. The summed E-state index contributed by atoms with van der Waals surface area (Å²) in [6.07, 6.45) is 5.59. The topological polar surface area (TPSA) is 97.1 Å². The second-order valence-corrected chi connectivity index (χ2v) is 8.61. The third-order valence-corrected chi connectivity index (χ3v) is 6.22. The molecule has 4 rings (SSSR count). The van der Waals surface area contributed by atoms with Gasteiger partial charge >= 0.3 is 0 Å². The maximum Gasteiger partial charge on any atom is 0.257 e. The Labute approximate surface area is 197 Å². The van der Waals surface area contributed by atoms with Gasteiger partial charge in [0.15, 0.2) is 0 Å². The summed E-state index contributed by atoms with van der Waals surface area (Å²) < 4.78 is 18.4. The van der Waals surface area contributed by atoms with Crippen LogP contribution in [0.4, 0.5) is 10.1 Å². The maximum absolute atomic E-state index is 13.6. The first-order valence-electron chi connectivity index (χ1n) is 11.2. The Morgan fingerprint density at radius 1 is 1.12 bits per heavy atom. The number of halogens is 1. The van der Waals surface area contributed by atoms with Crippen molar-refractivity contribution >= 4 is 17.5 Å². The number of allylic oxidation sites excluding steroid dienone is 2. The van der Waals surface area contributed by atoms with Crippen molar-refractivity contribution in [2.45, 2.75) is 46.1 Å². The minimum absolute atomic E-state index is 0.187. The number of hydrogen-bond donors (Lipinski definition) is 2. The van der Waals surface area contributed by atoms with E-state index in [9.17, 15) is 14.0 Å². The molecule has 1 aliphatic rings.